The summed E-state index contributed by atoms with van der Waals surface area (Å²) in [5.74, 6) is 2.20. The van der Waals surface area contributed by atoms with Crippen molar-refractivity contribution in [2.45, 2.75) is 6.04 Å². The van der Waals surface area contributed by atoms with Gasteiger partial charge in [-0.3, -0.25) is 4.90 Å². The van der Waals surface area contributed by atoms with Gasteiger partial charge >= 0.3 is 0 Å². The molecule has 9 nitrogen and oxygen atoms in total. The zero-order chi connectivity index (χ0) is 17.2. The molecule has 0 bridgehead atoms. The highest BCUT2D eigenvalue weighted by Gasteiger charge is 2.26. The normalized spacial score (nSPS) is 18.4. The van der Waals surface area contributed by atoms with Crippen molar-refractivity contribution in [3.05, 3.63) is 30.1 Å². The highest BCUT2D eigenvalue weighted by molar-refractivity contribution is 5.57. The summed E-state index contributed by atoms with van der Waals surface area (Å²) in [6, 6.07) is 7.45. The number of piperazine rings is 1. The van der Waals surface area contributed by atoms with Crippen LogP contribution < -0.4 is 10.1 Å². The van der Waals surface area contributed by atoms with E-state index in [0.29, 0.717) is 17.5 Å². The summed E-state index contributed by atoms with van der Waals surface area (Å²) in [6.45, 7) is 2.65. The molecule has 1 atom stereocenters. The minimum absolute atomic E-state index is 0.0657. The fourth-order valence-corrected chi connectivity index (χ4v) is 2.74. The molecule has 3 aromatic rings. The number of likely N-dealkylation sites (N-methyl/N-ethyl adjacent to an activating group) is 1. The molecule has 1 aliphatic heterocycles. The number of rotatable bonds is 4. The number of nitrogens with one attached hydrogen (secondary N) is 1. The third kappa shape index (κ3) is 3.11. The van der Waals surface area contributed by atoms with Crippen LogP contribution >= 0.6 is 0 Å². The molecule has 0 aliphatic carbocycles. The third-order valence-corrected chi connectivity index (χ3v) is 4.18. The van der Waals surface area contributed by atoms with Crippen LogP contribution in [0.15, 0.2) is 33.3 Å². The van der Waals surface area contributed by atoms with Crippen molar-refractivity contribution in [2.75, 3.05) is 33.8 Å². The largest absolute Gasteiger partial charge is 0.497 e. The highest BCUT2D eigenvalue weighted by atomic mass is 16.5. The molecule has 1 fully saturated rings. The summed E-state index contributed by atoms with van der Waals surface area (Å²) in [7, 11) is 3.65. The van der Waals surface area contributed by atoms with Crippen molar-refractivity contribution in [3.8, 4) is 28.9 Å². The number of methoxy groups -OCH3 is 1. The molecule has 0 amide bonds. The van der Waals surface area contributed by atoms with Crippen LogP contribution in [0.4, 0.5) is 0 Å². The maximum atomic E-state index is 5.32. The second kappa shape index (κ2) is 6.61. The number of hydrogen-bond donors (Lipinski definition) is 1. The van der Waals surface area contributed by atoms with Gasteiger partial charge in [0.25, 0.3) is 17.6 Å². The van der Waals surface area contributed by atoms with E-state index in [0.717, 1.165) is 25.2 Å². The molecule has 1 aromatic carbocycles. The Morgan fingerprint density at radius 2 is 2.08 bits per heavy atom. The standard InChI is InChI=1S/C16H18N6O3/c1-22-7-6-17-9-12(22)13-18-16(25-20-13)14-19-15(24-21-14)10-4-3-5-11(8-10)23-2/h3-5,8,12,17H,6-7,9H2,1-2H3. The number of nitrogens with zero attached hydrogens (tertiary/aromatic N) is 5. The van der Waals surface area contributed by atoms with Crippen LogP contribution in [0.5, 0.6) is 5.75 Å². The SMILES string of the molecule is COc1cccc(-c2nc(-c3nc(C4CNCCN4C)no3)no2)c1. The van der Waals surface area contributed by atoms with Crippen molar-refractivity contribution < 1.29 is 13.8 Å². The van der Waals surface area contributed by atoms with E-state index in [1.807, 2.05) is 31.3 Å². The van der Waals surface area contributed by atoms with Gasteiger partial charge in [0.15, 0.2) is 5.82 Å². The van der Waals surface area contributed by atoms with Gasteiger partial charge in [-0.05, 0) is 25.2 Å². The molecule has 0 saturated carbocycles. The lowest BCUT2D eigenvalue weighted by atomic mass is 10.2. The summed E-state index contributed by atoms with van der Waals surface area (Å²) >= 11 is 0. The molecule has 2 aromatic heterocycles. The van der Waals surface area contributed by atoms with Gasteiger partial charge in [-0.1, -0.05) is 16.4 Å². The first-order valence-corrected chi connectivity index (χ1v) is 7.97. The van der Waals surface area contributed by atoms with Crippen LogP contribution in [0.3, 0.4) is 0 Å². The fourth-order valence-electron chi connectivity index (χ4n) is 2.74. The van der Waals surface area contributed by atoms with E-state index in [2.05, 4.69) is 30.5 Å². The second-order valence-corrected chi connectivity index (χ2v) is 5.81. The molecule has 0 radical (unpaired) electrons. The average Bonchev–Trinajstić information content (AvgIpc) is 3.31. The minimum atomic E-state index is 0.0657. The summed E-state index contributed by atoms with van der Waals surface area (Å²) in [5.41, 5.74) is 0.758. The Bertz CT molecular complexity index is 861. The van der Waals surface area contributed by atoms with Crippen LogP contribution in [0, 0.1) is 0 Å². The average molecular weight is 342 g/mol. The minimum Gasteiger partial charge on any atom is -0.497 e. The van der Waals surface area contributed by atoms with Gasteiger partial charge in [-0.2, -0.15) is 9.97 Å². The van der Waals surface area contributed by atoms with Gasteiger partial charge in [0, 0.05) is 25.2 Å². The van der Waals surface area contributed by atoms with Gasteiger partial charge in [0.1, 0.15) is 5.75 Å². The van der Waals surface area contributed by atoms with E-state index in [9.17, 15) is 0 Å². The number of hydrogen-bond acceptors (Lipinski definition) is 9. The molecule has 1 saturated heterocycles. The Hall–Kier alpha value is -2.78. The molecule has 1 N–H and O–H groups in total. The van der Waals surface area contributed by atoms with Gasteiger partial charge in [0.2, 0.25) is 0 Å². The predicted molar refractivity (Wildman–Crippen MR) is 87.8 cm³/mol. The highest BCUT2D eigenvalue weighted by Crippen LogP contribution is 2.25. The van der Waals surface area contributed by atoms with Crippen LogP contribution in [-0.4, -0.2) is 59.0 Å². The fraction of sp³-hybridized carbons (Fsp3) is 0.375. The van der Waals surface area contributed by atoms with Gasteiger partial charge in [-0.15, -0.1) is 0 Å². The summed E-state index contributed by atoms with van der Waals surface area (Å²) < 4.78 is 15.8. The van der Waals surface area contributed by atoms with Crippen LogP contribution in [0.2, 0.25) is 0 Å². The zero-order valence-corrected chi connectivity index (χ0v) is 14.0. The zero-order valence-electron chi connectivity index (χ0n) is 14.0. The molecule has 130 valence electrons. The molecule has 0 spiro atoms. The first-order valence-electron chi connectivity index (χ1n) is 7.97. The Balaban J connectivity index is 1.58. The maximum Gasteiger partial charge on any atom is 0.299 e. The first-order chi connectivity index (χ1) is 12.2. The monoisotopic (exact) mass is 342 g/mol. The Kier molecular flexibility index (Phi) is 4.16. The van der Waals surface area contributed by atoms with E-state index in [-0.39, 0.29) is 17.8 Å². The molecule has 4 rings (SSSR count). The maximum absolute atomic E-state index is 5.32. The predicted octanol–water partition coefficient (Wildman–Crippen LogP) is 1.37. The Morgan fingerprint density at radius 1 is 1.20 bits per heavy atom. The van der Waals surface area contributed by atoms with Crippen LogP contribution in [0.25, 0.3) is 23.2 Å². The molecule has 9 heteroatoms. The molecule has 25 heavy (non-hydrogen) atoms. The summed E-state index contributed by atoms with van der Waals surface area (Å²) in [6.07, 6.45) is 0. The third-order valence-electron chi connectivity index (χ3n) is 4.18. The number of benzene rings is 1. The van der Waals surface area contributed by atoms with Gasteiger partial charge in [-0.25, -0.2) is 0 Å². The van der Waals surface area contributed by atoms with E-state index < -0.39 is 0 Å². The topological polar surface area (TPSA) is 102 Å². The van der Waals surface area contributed by atoms with E-state index in [4.69, 9.17) is 13.8 Å². The molecule has 1 unspecified atom stereocenters. The Labute approximate surface area is 144 Å². The van der Waals surface area contributed by atoms with Crippen molar-refractivity contribution in [1.29, 1.82) is 0 Å². The van der Waals surface area contributed by atoms with Crippen molar-refractivity contribution in [2.24, 2.45) is 0 Å². The molecular weight excluding hydrogens is 324 g/mol. The van der Waals surface area contributed by atoms with Gasteiger partial charge < -0.3 is 19.1 Å². The van der Waals surface area contributed by atoms with Gasteiger partial charge in [0.05, 0.1) is 13.2 Å². The van der Waals surface area contributed by atoms with E-state index in [1.165, 1.54) is 0 Å². The molecule has 3 heterocycles. The number of ether oxygens (including phenoxy) is 1. The van der Waals surface area contributed by atoms with Crippen LogP contribution in [0.1, 0.15) is 11.9 Å². The first kappa shape index (κ1) is 15.7. The summed E-state index contributed by atoms with van der Waals surface area (Å²) in [4.78, 5) is 11.0. The van der Waals surface area contributed by atoms with Crippen molar-refractivity contribution in [3.63, 3.8) is 0 Å². The second-order valence-electron chi connectivity index (χ2n) is 5.81. The quantitative estimate of drug-likeness (QED) is 0.753. The lowest BCUT2D eigenvalue weighted by Gasteiger charge is -2.30. The molecular formula is C16H18N6O3. The van der Waals surface area contributed by atoms with E-state index >= 15 is 0 Å². The smallest absolute Gasteiger partial charge is 0.299 e. The lowest BCUT2D eigenvalue weighted by Crippen LogP contribution is -2.44. The van der Waals surface area contributed by atoms with E-state index in [1.54, 1.807) is 7.11 Å². The summed E-state index contributed by atoms with van der Waals surface area (Å²) in [5, 5.41) is 11.3. The molecule has 1 aliphatic rings. The van der Waals surface area contributed by atoms with Crippen LogP contribution in [-0.2, 0) is 0 Å². The number of aromatic nitrogens is 4. The lowest BCUT2D eigenvalue weighted by molar-refractivity contribution is 0.190. The van der Waals surface area contributed by atoms with Crippen molar-refractivity contribution in [1.82, 2.24) is 30.5 Å². The Morgan fingerprint density at radius 3 is 2.92 bits per heavy atom. The van der Waals surface area contributed by atoms with Crippen molar-refractivity contribution >= 4 is 0 Å².